The minimum atomic E-state index is -0.521. The first-order valence-corrected chi connectivity index (χ1v) is 11.6. The molecule has 0 spiro atoms. The third-order valence-electron chi connectivity index (χ3n) is 4.56. The summed E-state index contributed by atoms with van der Waals surface area (Å²) >= 11 is 2.64. The van der Waals surface area contributed by atoms with Gasteiger partial charge in [-0.3, -0.25) is 4.79 Å². The number of methoxy groups -OCH3 is 2. The third-order valence-corrected chi connectivity index (χ3v) is 6.61. The van der Waals surface area contributed by atoms with Crippen molar-refractivity contribution in [3.05, 3.63) is 45.8 Å². The van der Waals surface area contributed by atoms with Crippen molar-refractivity contribution in [1.29, 1.82) is 0 Å². The Balaban J connectivity index is 1.68. The number of thiophene rings is 1. The summed E-state index contributed by atoms with van der Waals surface area (Å²) in [5, 5.41) is 6.06. The lowest BCUT2D eigenvalue weighted by molar-refractivity contribution is -0.123. The predicted octanol–water partition coefficient (Wildman–Crippen LogP) is 5.54. The molecule has 1 amide bonds. The van der Waals surface area contributed by atoms with Gasteiger partial charge in [0.15, 0.2) is 11.5 Å². The summed E-state index contributed by atoms with van der Waals surface area (Å²) in [6.45, 7) is 7.36. The van der Waals surface area contributed by atoms with Crippen LogP contribution in [0, 0.1) is 12.3 Å². The van der Waals surface area contributed by atoms with Crippen molar-refractivity contribution < 1.29 is 23.8 Å². The van der Waals surface area contributed by atoms with Crippen LogP contribution in [-0.2, 0) is 16.1 Å². The van der Waals surface area contributed by atoms with Crippen molar-refractivity contribution in [1.82, 2.24) is 4.98 Å². The molecule has 9 heteroatoms. The van der Waals surface area contributed by atoms with E-state index in [1.54, 1.807) is 20.3 Å². The van der Waals surface area contributed by atoms with Crippen molar-refractivity contribution in [3.63, 3.8) is 0 Å². The standard InChI is InChI=1S/C23H26N2O5S2/c1-13-10-17(25-22(27)23(2,3)4)32-19(13)21(26)30-11-14-12-31-20(24-14)15-8-7-9-16(28-5)18(15)29-6/h7-10,12H,11H2,1-6H3,(H,25,27). The second-order valence-corrected chi connectivity index (χ2v) is 10.00. The van der Waals surface area contributed by atoms with Gasteiger partial charge in [0.05, 0.1) is 30.5 Å². The third kappa shape index (κ3) is 5.28. The molecular weight excluding hydrogens is 448 g/mol. The number of aryl methyl sites for hydroxylation is 1. The number of esters is 1. The molecule has 0 aliphatic rings. The lowest BCUT2D eigenvalue weighted by Gasteiger charge is -2.16. The summed E-state index contributed by atoms with van der Waals surface area (Å²) in [6, 6.07) is 7.37. The van der Waals surface area contributed by atoms with E-state index >= 15 is 0 Å². The first kappa shape index (κ1) is 23.7. The number of thiazole rings is 1. The maximum absolute atomic E-state index is 12.6. The Labute approximate surface area is 195 Å². The largest absolute Gasteiger partial charge is 0.493 e. The van der Waals surface area contributed by atoms with Crippen molar-refractivity contribution in [3.8, 4) is 22.1 Å². The molecule has 0 saturated heterocycles. The van der Waals surface area contributed by atoms with Crippen LogP contribution in [0.2, 0.25) is 0 Å². The van der Waals surface area contributed by atoms with Gasteiger partial charge >= 0.3 is 5.97 Å². The normalized spacial score (nSPS) is 11.2. The minimum Gasteiger partial charge on any atom is -0.493 e. The first-order chi connectivity index (χ1) is 15.1. The molecule has 3 rings (SSSR count). The number of carbonyl (C=O) groups is 2. The molecule has 0 unspecified atom stereocenters. The minimum absolute atomic E-state index is 0.0443. The fourth-order valence-corrected chi connectivity index (χ4v) is 4.59. The molecular formula is C23H26N2O5S2. The summed E-state index contributed by atoms with van der Waals surface area (Å²) in [6.07, 6.45) is 0. The van der Waals surface area contributed by atoms with Crippen molar-refractivity contribution in [2.75, 3.05) is 19.5 Å². The van der Waals surface area contributed by atoms with Crippen molar-refractivity contribution in [2.24, 2.45) is 5.41 Å². The zero-order valence-electron chi connectivity index (χ0n) is 18.9. The number of hydrogen-bond donors (Lipinski definition) is 1. The average Bonchev–Trinajstić information content (AvgIpc) is 3.37. The number of carbonyl (C=O) groups excluding carboxylic acids is 2. The predicted molar refractivity (Wildman–Crippen MR) is 127 cm³/mol. The van der Waals surface area contributed by atoms with E-state index in [9.17, 15) is 9.59 Å². The molecule has 1 N–H and O–H groups in total. The summed E-state index contributed by atoms with van der Waals surface area (Å²) < 4.78 is 16.3. The summed E-state index contributed by atoms with van der Waals surface area (Å²) in [7, 11) is 3.17. The second kappa shape index (κ2) is 9.70. The van der Waals surface area contributed by atoms with E-state index in [4.69, 9.17) is 14.2 Å². The second-order valence-electron chi connectivity index (χ2n) is 8.09. The molecule has 0 bridgehead atoms. The van der Waals surface area contributed by atoms with Crippen LogP contribution in [0.1, 0.15) is 41.7 Å². The van der Waals surface area contributed by atoms with Gasteiger partial charge in [0.1, 0.15) is 16.5 Å². The van der Waals surface area contributed by atoms with E-state index in [-0.39, 0.29) is 12.5 Å². The lowest BCUT2D eigenvalue weighted by Crippen LogP contribution is -2.27. The van der Waals surface area contributed by atoms with E-state index in [0.717, 1.165) is 16.1 Å². The molecule has 0 aliphatic heterocycles. The Bertz CT molecular complexity index is 1130. The van der Waals surface area contributed by atoms with Gasteiger partial charge in [-0.15, -0.1) is 22.7 Å². The van der Waals surface area contributed by atoms with E-state index in [0.29, 0.717) is 27.1 Å². The topological polar surface area (TPSA) is 86.8 Å². The van der Waals surface area contributed by atoms with Crippen LogP contribution in [0.15, 0.2) is 29.6 Å². The lowest BCUT2D eigenvalue weighted by atomic mass is 9.96. The highest BCUT2D eigenvalue weighted by molar-refractivity contribution is 7.18. The van der Waals surface area contributed by atoms with Gasteiger partial charge in [0.2, 0.25) is 5.91 Å². The highest BCUT2D eigenvalue weighted by Gasteiger charge is 2.23. The maximum Gasteiger partial charge on any atom is 0.349 e. The molecule has 0 fully saturated rings. The maximum atomic E-state index is 12.6. The number of benzene rings is 1. The molecule has 3 aromatic rings. The SMILES string of the molecule is COc1cccc(-c2nc(COC(=O)c3sc(NC(=O)C(C)(C)C)cc3C)cs2)c1OC. The molecule has 0 atom stereocenters. The zero-order chi connectivity index (χ0) is 23.5. The number of para-hydroxylation sites is 1. The van der Waals surface area contributed by atoms with Gasteiger partial charge in [-0.25, -0.2) is 9.78 Å². The van der Waals surface area contributed by atoms with Crippen LogP contribution < -0.4 is 14.8 Å². The van der Waals surface area contributed by atoms with Gasteiger partial charge in [0, 0.05) is 10.8 Å². The van der Waals surface area contributed by atoms with Crippen LogP contribution in [0.4, 0.5) is 5.00 Å². The number of rotatable bonds is 7. The molecule has 2 heterocycles. The van der Waals surface area contributed by atoms with Gasteiger partial charge < -0.3 is 19.5 Å². The number of ether oxygens (including phenoxy) is 3. The number of aromatic nitrogens is 1. The molecule has 7 nitrogen and oxygen atoms in total. The van der Waals surface area contributed by atoms with E-state index in [2.05, 4.69) is 10.3 Å². The Hall–Kier alpha value is -2.91. The van der Waals surface area contributed by atoms with Crippen molar-refractivity contribution in [2.45, 2.75) is 34.3 Å². The quantitative estimate of drug-likeness (QED) is 0.453. The molecule has 0 aliphatic carbocycles. The monoisotopic (exact) mass is 474 g/mol. The molecule has 0 radical (unpaired) electrons. The molecule has 32 heavy (non-hydrogen) atoms. The van der Waals surface area contributed by atoms with Gasteiger partial charge in [-0.1, -0.05) is 26.8 Å². The number of anilines is 1. The number of nitrogens with one attached hydrogen (secondary N) is 1. The van der Waals surface area contributed by atoms with Gasteiger partial charge in [-0.05, 0) is 30.7 Å². The molecule has 0 saturated carbocycles. The highest BCUT2D eigenvalue weighted by atomic mass is 32.1. The fraction of sp³-hybridized carbons (Fsp3) is 0.348. The summed E-state index contributed by atoms with van der Waals surface area (Å²) in [4.78, 5) is 29.8. The van der Waals surface area contributed by atoms with Crippen LogP contribution in [0.25, 0.3) is 10.6 Å². The number of hydrogen-bond acceptors (Lipinski definition) is 8. The average molecular weight is 475 g/mol. The molecule has 170 valence electrons. The van der Waals surface area contributed by atoms with Crippen LogP contribution >= 0.6 is 22.7 Å². The Morgan fingerprint density at radius 1 is 1.16 bits per heavy atom. The number of nitrogens with zero attached hydrogens (tertiary/aromatic N) is 1. The highest BCUT2D eigenvalue weighted by Crippen LogP contribution is 2.39. The van der Waals surface area contributed by atoms with Crippen LogP contribution in [-0.4, -0.2) is 31.1 Å². The smallest absolute Gasteiger partial charge is 0.349 e. The van der Waals surface area contributed by atoms with E-state index < -0.39 is 11.4 Å². The van der Waals surface area contributed by atoms with E-state index in [1.165, 1.54) is 22.7 Å². The first-order valence-electron chi connectivity index (χ1n) is 9.88. The fourth-order valence-electron chi connectivity index (χ4n) is 2.80. The molecule has 2 aromatic heterocycles. The Kier molecular flexibility index (Phi) is 7.20. The van der Waals surface area contributed by atoms with E-state index in [1.807, 2.05) is 51.3 Å². The Morgan fingerprint density at radius 2 is 1.91 bits per heavy atom. The molecule has 1 aromatic carbocycles. The van der Waals surface area contributed by atoms with Crippen molar-refractivity contribution >= 4 is 39.6 Å². The van der Waals surface area contributed by atoms with Crippen LogP contribution in [0.5, 0.6) is 11.5 Å². The van der Waals surface area contributed by atoms with Gasteiger partial charge in [-0.2, -0.15) is 0 Å². The van der Waals surface area contributed by atoms with Crippen LogP contribution in [0.3, 0.4) is 0 Å². The zero-order valence-corrected chi connectivity index (χ0v) is 20.5. The van der Waals surface area contributed by atoms with Gasteiger partial charge in [0.25, 0.3) is 0 Å². The Morgan fingerprint density at radius 3 is 2.56 bits per heavy atom. The summed E-state index contributed by atoms with van der Waals surface area (Å²) in [5.41, 5.74) is 1.68. The summed E-state index contributed by atoms with van der Waals surface area (Å²) in [5.74, 6) is 0.668. The number of amides is 1.